The number of carboxylic acid groups (broad SMARTS) is 1. The highest BCUT2D eigenvalue weighted by Crippen LogP contribution is 2.34. The highest BCUT2D eigenvalue weighted by atomic mass is 19.1. The van der Waals surface area contributed by atoms with Crippen molar-refractivity contribution in [1.82, 2.24) is 15.0 Å². The number of benzene rings is 1. The fourth-order valence-corrected chi connectivity index (χ4v) is 4.83. The number of anilines is 2. The van der Waals surface area contributed by atoms with Crippen LogP contribution in [0.1, 0.15) is 43.4 Å². The Hall–Kier alpha value is -3.33. The summed E-state index contributed by atoms with van der Waals surface area (Å²) in [6.07, 6.45) is 8.09. The van der Waals surface area contributed by atoms with Crippen molar-refractivity contribution in [1.29, 1.82) is 0 Å². The van der Waals surface area contributed by atoms with Gasteiger partial charge in [-0.05, 0) is 68.2 Å². The van der Waals surface area contributed by atoms with Gasteiger partial charge in [-0.1, -0.05) is 6.07 Å². The van der Waals surface area contributed by atoms with Gasteiger partial charge in [0, 0.05) is 36.7 Å². The quantitative estimate of drug-likeness (QED) is 0.397. The number of aryl methyl sites for hydroxylation is 2. The van der Waals surface area contributed by atoms with E-state index in [0.717, 1.165) is 50.2 Å². The molecule has 2 aromatic heterocycles. The zero-order chi connectivity index (χ0) is 24.2. The normalized spacial score (nSPS) is 19.9. The van der Waals surface area contributed by atoms with Gasteiger partial charge in [-0.2, -0.15) is 0 Å². The Morgan fingerprint density at radius 2 is 2.14 bits per heavy atom. The summed E-state index contributed by atoms with van der Waals surface area (Å²) >= 11 is 0. The monoisotopic (exact) mass is 479 g/mol. The molecule has 3 N–H and O–H groups in total. The average Bonchev–Trinajstić information content (AvgIpc) is 2.83. The van der Waals surface area contributed by atoms with Gasteiger partial charge < -0.3 is 20.5 Å². The molecule has 0 spiro atoms. The molecule has 9 heteroatoms. The number of carbonyl (C=O) groups is 1. The molecule has 1 aliphatic carbocycles. The zero-order valence-corrected chi connectivity index (χ0v) is 19.5. The minimum atomic E-state index is -0.985. The molecule has 1 fully saturated rings. The maximum atomic E-state index is 13.5. The maximum Gasteiger partial charge on any atom is 0.326 e. The molecule has 0 bridgehead atoms. The van der Waals surface area contributed by atoms with E-state index in [-0.39, 0.29) is 6.10 Å². The van der Waals surface area contributed by atoms with Crippen LogP contribution in [0.4, 0.5) is 16.0 Å². The first-order chi connectivity index (χ1) is 17.0. The molecular formula is C26H30FN5O3. The summed E-state index contributed by atoms with van der Waals surface area (Å²) in [7, 11) is 0. The zero-order valence-electron chi connectivity index (χ0n) is 19.5. The van der Waals surface area contributed by atoms with Gasteiger partial charge in [0.15, 0.2) is 0 Å². The standard InChI is InChI=1S/C26H30FN5O3/c27-18-5-8-21-23(14-18)29-15-30-25(21)32-22(26(33)34)9-11-35-20-12-16(13-20)3-6-19-7-4-17-2-1-10-28-24(17)31-19/h4-5,7-8,14-16,20,22H,1-3,6,9-13H2,(H,28,31)(H,33,34)(H,29,30,32). The highest BCUT2D eigenvalue weighted by molar-refractivity contribution is 5.90. The molecule has 0 amide bonds. The molecule has 0 radical (unpaired) electrons. The van der Waals surface area contributed by atoms with Gasteiger partial charge in [-0.3, -0.25) is 0 Å². The number of rotatable bonds is 10. The molecule has 8 nitrogen and oxygen atoms in total. The molecular weight excluding hydrogens is 449 g/mol. The highest BCUT2D eigenvalue weighted by Gasteiger charge is 2.30. The Bertz CT molecular complexity index is 1200. The van der Waals surface area contributed by atoms with Crippen molar-refractivity contribution >= 4 is 28.5 Å². The van der Waals surface area contributed by atoms with E-state index in [1.165, 1.54) is 30.4 Å². The summed E-state index contributed by atoms with van der Waals surface area (Å²) in [4.78, 5) is 24.8. The van der Waals surface area contributed by atoms with Crippen molar-refractivity contribution in [2.45, 2.75) is 57.1 Å². The van der Waals surface area contributed by atoms with Crippen molar-refractivity contribution < 1.29 is 19.0 Å². The van der Waals surface area contributed by atoms with Crippen LogP contribution in [0.2, 0.25) is 0 Å². The van der Waals surface area contributed by atoms with Crippen LogP contribution in [0, 0.1) is 11.7 Å². The van der Waals surface area contributed by atoms with E-state index in [1.807, 2.05) is 0 Å². The van der Waals surface area contributed by atoms with Crippen LogP contribution in [0.5, 0.6) is 0 Å². The van der Waals surface area contributed by atoms with E-state index in [4.69, 9.17) is 9.72 Å². The van der Waals surface area contributed by atoms with Gasteiger partial charge in [0.2, 0.25) is 0 Å². The average molecular weight is 480 g/mol. The molecule has 1 aromatic carbocycles. The maximum absolute atomic E-state index is 13.5. The predicted molar refractivity (Wildman–Crippen MR) is 131 cm³/mol. The van der Waals surface area contributed by atoms with E-state index >= 15 is 0 Å². The Balaban J connectivity index is 1.05. The number of pyridine rings is 1. The summed E-state index contributed by atoms with van der Waals surface area (Å²) < 4.78 is 19.4. The van der Waals surface area contributed by atoms with Crippen molar-refractivity contribution in [2.24, 2.45) is 5.92 Å². The molecule has 1 atom stereocenters. The lowest BCUT2D eigenvalue weighted by molar-refractivity contribution is -0.138. The predicted octanol–water partition coefficient (Wildman–Crippen LogP) is 4.21. The second-order valence-electron chi connectivity index (χ2n) is 9.42. The van der Waals surface area contributed by atoms with Crippen LogP contribution in [0.3, 0.4) is 0 Å². The topological polar surface area (TPSA) is 109 Å². The summed E-state index contributed by atoms with van der Waals surface area (Å²) in [6, 6.07) is 7.64. The van der Waals surface area contributed by atoms with Crippen LogP contribution in [-0.2, 0) is 22.4 Å². The number of hydrogen-bond donors (Lipinski definition) is 3. The third kappa shape index (κ3) is 5.67. The summed E-state index contributed by atoms with van der Waals surface area (Å²) in [5.74, 6) is 0.650. The van der Waals surface area contributed by atoms with Crippen LogP contribution < -0.4 is 10.6 Å². The van der Waals surface area contributed by atoms with Crippen LogP contribution >= 0.6 is 0 Å². The molecule has 1 unspecified atom stereocenters. The van der Waals surface area contributed by atoms with E-state index in [0.29, 0.717) is 35.7 Å². The summed E-state index contributed by atoms with van der Waals surface area (Å²) in [5, 5.41) is 16.6. The Kier molecular flexibility index (Phi) is 7.03. The summed E-state index contributed by atoms with van der Waals surface area (Å²) in [6.45, 7) is 1.34. The molecule has 184 valence electrons. The van der Waals surface area contributed by atoms with Gasteiger partial charge in [0.1, 0.15) is 29.8 Å². The van der Waals surface area contributed by atoms with Gasteiger partial charge in [-0.25, -0.2) is 24.1 Å². The minimum absolute atomic E-state index is 0.176. The fourth-order valence-electron chi connectivity index (χ4n) is 4.83. The first-order valence-electron chi connectivity index (χ1n) is 12.3. The van der Waals surface area contributed by atoms with Crippen LogP contribution in [0.15, 0.2) is 36.7 Å². The Morgan fingerprint density at radius 1 is 1.26 bits per heavy atom. The number of nitrogens with one attached hydrogen (secondary N) is 2. The van der Waals surface area contributed by atoms with E-state index < -0.39 is 17.8 Å². The number of carboxylic acids is 1. The number of hydrogen-bond acceptors (Lipinski definition) is 7. The largest absolute Gasteiger partial charge is 0.480 e. The van der Waals surface area contributed by atoms with Gasteiger partial charge >= 0.3 is 5.97 Å². The molecule has 35 heavy (non-hydrogen) atoms. The summed E-state index contributed by atoms with van der Waals surface area (Å²) in [5.41, 5.74) is 2.87. The van der Waals surface area contributed by atoms with Gasteiger partial charge in [0.25, 0.3) is 0 Å². The third-order valence-electron chi connectivity index (χ3n) is 6.92. The molecule has 3 heterocycles. The number of nitrogens with zero attached hydrogens (tertiary/aromatic N) is 3. The van der Waals surface area contributed by atoms with Gasteiger partial charge in [0.05, 0.1) is 11.6 Å². The van der Waals surface area contributed by atoms with Crippen molar-refractivity contribution in [3.63, 3.8) is 0 Å². The lowest BCUT2D eigenvalue weighted by Crippen LogP contribution is -2.35. The number of aromatic nitrogens is 3. The molecule has 1 aliphatic heterocycles. The number of ether oxygens (including phenoxy) is 1. The minimum Gasteiger partial charge on any atom is -0.480 e. The third-order valence-corrected chi connectivity index (χ3v) is 6.92. The fraction of sp³-hybridized carbons (Fsp3) is 0.462. The van der Waals surface area contributed by atoms with Crippen LogP contribution in [-0.4, -0.2) is 51.3 Å². The Labute approximate surface area is 203 Å². The first-order valence-corrected chi connectivity index (χ1v) is 12.3. The van der Waals surface area contributed by atoms with Gasteiger partial charge in [-0.15, -0.1) is 0 Å². The van der Waals surface area contributed by atoms with E-state index in [1.54, 1.807) is 6.07 Å². The van der Waals surface area contributed by atoms with Crippen molar-refractivity contribution in [3.05, 3.63) is 53.7 Å². The lowest BCUT2D eigenvalue weighted by Gasteiger charge is -2.35. The van der Waals surface area contributed by atoms with Crippen molar-refractivity contribution in [3.8, 4) is 0 Å². The van der Waals surface area contributed by atoms with Crippen molar-refractivity contribution in [2.75, 3.05) is 23.8 Å². The van der Waals surface area contributed by atoms with Crippen LogP contribution in [0.25, 0.3) is 10.9 Å². The molecule has 5 rings (SSSR count). The van der Waals surface area contributed by atoms with E-state index in [2.05, 4.69) is 32.7 Å². The molecule has 1 saturated carbocycles. The number of fused-ring (bicyclic) bond motifs is 2. The second-order valence-corrected chi connectivity index (χ2v) is 9.42. The SMILES string of the molecule is O=C(O)C(CCOC1CC(CCc2ccc3c(n2)NCCC3)C1)Nc1ncnc2cc(F)ccc12. The lowest BCUT2D eigenvalue weighted by atomic mass is 9.79. The Morgan fingerprint density at radius 3 is 3.00 bits per heavy atom. The molecule has 2 aliphatic rings. The number of aliphatic carboxylic acids is 1. The smallest absolute Gasteiger partial charge is 0.326 e. The molecule has 3 aromatic rings. The molecule has 0 saturated heterocycles. The van der Waals surface area contributed by atoms with E-state index in [9.17, 15) is 14.3 Å². The number of halogens is 1. The first kappa shape index (κ1) is 23.4. The second kappa shape index (κ2) is 10.5.